The van der Waals surface area contributed by atoms with Crippen LogP contribution in [-0.4, -0.2) is 29.6 Å². The molecule has 72 valence electrons. The van der Waals surface area contributed by atoms with E-state index in [0.29, 0.717) is 6.61 Å². The monoisotopic (exact) mass is 185 g/mol. The summed E-state index contributed by atoms with van der Waals surface area (Å²) in [5.74, 6) is 0.425. The second kappa shape index (κ2) is 3.61. The minimum Gasteiger partial charge on any atom is -0.470 e. The smallest absolute Gasteiger partial charge is 0.300 e. The fourth-order valence-electron chi connectivity index (χ4n) is 1.24. The van der Waals surface area contributed by atoms with Gasteiger partial charge >= 0.3 is 0 Å². The van der Waals surface area contributed by atoms with Gasteiger partial charge in [-0.05, 0) is 23.2 Å². The van der Waals surface area contributed by atoms with Gasteiger partial charge in [-0.15, -0.1) is 0 Å². The van der Waals surface area contributed by atoms with Crippen LogP contribution in [0.5, 0.6) is 5.88 Å². The van der Waals surface area contributed by atoms with Gasteiger partial charge in [0, 0.05) is 6.61 Å². The Morgan fingerprint density at radius 3 is 3.08 bits per heavy atom. The molecule has 1 unspecified atom stereocenters. The third kappa shape index (κ3) is 1.89. The van der Waals surface area contributed by atoms with Crippen LogP contribution < -0.4 is 10.5 Å². The maximum Gasteiger partial charge on any atom is 0.300 e. The van der Waals surface area contributed by atoms with E-state index < -0.39 is 0 Å². The molecule has 1 aromatic rings. The number of hydrogen-bond donors (Lipinski definition) is 1. The molecule has 6 heteroatoms. The van der Waals surface area contributed by atoms with Crippen LogP contribution in [0, 0.1) is 0 Å². The van der Waals surface area contributed by atoms with Crippen LogP contribution in [0.25, 0.3) is 0 Å². The summed E-state index contributed by atoms with van der Waals surface area (Å²) >= 11 is 0. The predicted octanol–water partition coefficient (Wildman–Crippen LogP) is 0.210. The van der Waals surface area contributed by atoms with E-state index in [0.717, 1.165) is 19.4 Å². The molecular formula is C7H11N3O3. The number of nitrogen functional groups attached to an aromatic ring is 1. The minimum absolute atomic E-state index is 0.149. The molecule has 1 aromatic heterocycles. The van der Waals surface area contributed by atoms with Crippen LogP contribution >= 0.6 is 0 Å². The number of nitrogens with zero attached hydrogens (tertiary/aromatic N) is 2. The number of hydrogen-bond acceptors (Lipinski definition) is 6. The van der Waals surface area contributed by atoms with Crippen LogP contribution in [0.4, 0.5) is 5.82 Å². The number of aromatic nitrogens is 2. The normalized spacial score (nSPS) is 22.0. The van der Waals surface area contributed by atoms with Crippen molar-refractivity contribution in [3.8, 4) is 5.88 Å². The molecule has 1 fully saturated rings. The van der Waals surface area contributed by atoms with Crippen molar-refractivity contribution >= 4 is 5.82 Å². The Balaban J connectivity index is 1.82. The standard InChI is InChI=1S/C7H11N3O3/c8-6-7(10-13-9-6)12-4-5-2-1-3-11-5/h5H,1-4H2,(H2,8,9). The van der Waals surface area contributed by atoms with Crippen molar-refractivity contribution in [1.82, 2.24) is 10.3 Å². The van der Waals surface area contributed by atoms with E-state index in [1.165, 1.54) is 0 Å². The highest BCUT2D eigenvalue weighted by atomic mass is 16.6. The van der Waals surface area contributed by atoms with Gasteiger partial charge in [-0.2, -0.15) is 0 Å². The van der Waals surface area contributed by atoms with Crippen molar-refractivity contribution in [3.05, 3.63) is 0 Å². The lowest BCUT2D eigenvalue weighted by atomic mass is 10.2. The van der Waals surface area contributed by atoms with Gasteiger partial charge in [0.15, 0.2) is 0 Å². The molecule has 2 N–H and O–H groups in total. The fourth-order valence-corrected chi connectivity index (χ4v) is 1.24. The van der Waals surface area contributed by atoms with Crippen LogP contribution in [0.2, 0.25) is 0 Å². The third-order valence-corrected chi connectivity index (χ3v) is 1.91. The molecule has 0 spiro atoms. The summed E-state index contributed by atoms with van der Waals surface area (Å²) in [6, 6.07) is 0. The largest absolute Gasteiger partial charge is 0.470 e. The number of anilines is 1. The number of rotatable bonds is 3. The first kappa shape index (κ1) is 8.31. The molecule has 1 saturated heterocycles. The van der Waals surface area contributed by atoms with Crippen LogP contribution in [0.15, 0.2) is 4.63 Å². The molecule has 2 heterocycles. The quantitative estimate of drug-likeness (QED) is 0.724. The predicted molar refractivity (Wildman–Crippen MR) is 43.2 cm³/mol. The van der Waals surface area contributed by atoms with E-state index in [-0.39, 0.29) is 17.8 Å². The molecule has 0 bridgehead atoms. The number of nitrogens with two attached hydrogens (primary N) is 1. The van der Waals surface area contributed by atoms with Gasteiger partial charge in [0.1, 0.15) is 6.61 Å². The highest BCUT2D eigenvalue weighted by Crippen LogP contribution is 2.17. The van der Waals surface area contributed by atoms with Crippen molar-refractivity contribution in [2.75, 3.05) is 18.9 Å². The average Bonchev–Trinajstić information content (AvgIpc) is 2.72. The zero-order chi connectivity index (χ0) is 9.10. The third-order valence-electron chi connectivity index (χ3n) is 1.91. The Hall–Kier alpha value is -1.30. The van der Waals surface area contributed by atoms with E-state index in [1.807, 2.05) is 0 Å². The minimum atomic E-state index is 0.149. The molecule has 1 aliphatic rings. The van der Waals surface area contributed by atoms with E-state index >= 15 is 0 Å². The summed E-state index contributed by atoms with van der Waals surface area (Å²) in [4.78, 5) is 0. The van der Waals surface area contributed by atoms with Crippen LogP contribution in [-0.2, 0) is 4.74 Å². The molecule has 13 heavy (non-hydrogen) atoms. The summed E-state index contributed by atoms with van der Waals surface area (Å²) in [6.45, 7) is 1.26. The zero-order valence-electron chi connectivity index (χ0n) is 7.10. The van der Waals surface area contributed by atoms with Crippen molar-refractivity contribution in [1.29, 1.82) is 0 Å². The summed E-state index contributed by atoms with van der Waals surface area (Å²) in [6.07, 6.45) is 2.25. The maximum atomic E-state index is 5.39. The summed E-state index contributed by atoms with van der Waals surface area (Å²) in [7, 11) is 0. The van der Waals surface area contributed by atoms with Gasteiger partial charge in [-0.25, -0.2) is 4.63 Å². The van der Waals surface area contributed by atoms with E-state index in [2.05, 4.69) is 14.9 Å². The molecule has 0 saturated carbocycles. The van der Waals surface area contributed by atoms with Crippen molar-refractivity contribution in [2.24, 2.45) is 0 Å². The molecule has 0 radical (unpaired) electrons. The second-order valence-corrected chi connectivity index (χ2v) is 2.90. The van der Waals surface area contributed by atoms with Gasteiger partial charge in [0.2, 0.25) is 5.82 Å². The average molecular weight is 185 g/mol. The van der Waals surface area contributed by atoms with Gasteiger partial charge in [0.25, 0.3) is 5.88 Å². The lowest BCUT2D eigenvalue weighted by Gasteiger charge is -2.08. The topological polar surface area (TPSA) is 83.4 Å². The first-order valence-electron chi connectivity index (χ1n) is 4.18. The van der Waals surface area contributed by atoms with Crippen molar-refractivity contribution < 1.29 is 14.1 Å². The molecule has 1 atom stereocenters. The van der Waals surface area contributed by atoms with Crippen molar-refractivity contribution in [2.45, 2.75) is 18.9 Å². The Morgan fingerprint density at radius 2 is 2.46 bits per heavy atom. The van der Waals surface area contributed by atoms with Gasteiger partial charge in [-0.1, -0.05) is 0 Å². The van der Waals surface area contributed by atoms with Gasteiger partial charge in [-0.3, -0.25) is 0 Å². The lowest BCUT2D eigenvalue weighted by Crippen LogP contribution is -2.16. The van der Waals surface area contributed by atoms with E-state index in [4.69, 9.17) is 15.2 Å². The van der Waals surface area contributed by atoms with E-state index in [9.17, 15) is 0 Å². The van der Waals surface area contributed by atoms with Crippen LogP contribution in [0.1, 0.15) is 12.8 Å². The Kier molecular flexibility index (Phi) is 2.31. The summed E-state index contributed by atoms with van der Waals surface area (Å²) in [5.41, 5.74) is 5.39. The Bertz CT molecular complexity index is 270. The van der Waals surface area contributed by atoms with Crippen molar-refractivity contribution in [3.63, 3.8) is 0 Å². The molecule has 6 nitrogen and oxygen atoms in total. The highest BCUT2D eigenvalue weighted by Gasteiger charge is 2.17. The Morgan fingerprint density at radius 1 is 1.54 bits per heavy atom. The summed E-state index contributed by atoms with van der Waals surface area (Å²) < 4.78 is 15.0. The van der Waals surface area contributed by atoms with Crippen LogP contribution in [0.3, 0.4) is 0 Å². The first-order chi connectivity index (χ1) is 6.36. The Labute approximate surface area is 75.0 Å². The van der Waals surface area contributed by atoms with Gasteiger partial charge in [0.05, 0.1) is 6.10 Å². The molecule has 0 aliphatic carbocycles. The highest BCUT2D eigenvalue weighted by molar-refractivity contribution is 5.36. The maximum absolute atomic E-state index is 5.39. The second-order valence-electron chi connectivity index (χ2n) is 2.90. The fraction of sp³-hybridized carbons (Fsp3) is 0.714. The zero-order valence-corrected chi connectivity index (χ0v) is 7.10. The molecule has 0 amide bonds. The SMILES string of the molecule is Nc1nonc1OCC1CCCO1. The van der Waals surface area contributed by atoms with E-state index in [1.54, 1.807) is 0 Å². The molecule has 0 aromatic carbocycles. The number of ether oxygens (including phenoxy) is 2. The summed E-state index contributed by atoms with van der Waals surface area (Å²) in [5, 5.41) is 6.88. The molecule has 1 aliphatic heterocycles. The van der Waals surface area contributed by atoms with Gasteiger partial charge < -0.3 is 15.2 Å². The molecular weight excluding hydrogens is 174 g/mol. The molecule has 2 rings (SSSR count). The lowest BCUT2D eigenvalue weighted by molar-refractivity contribution is 0.0650. The first-order valence-corrected chi connectivity index (χ1v) is 4.18.